The zero-order valence-corrected chi connectivity index (χ0v) is 11.7. The topological polar surface area (TPSA) is 69.6 Å². The number of carbonyl (C=O) groups is 2. The van der Waals surface area contributed by atoms with E-state index in [1.54, 1.807) is 0 Å². The van der Waals surface area contributed by atoms with Gasteiger partial charge in [0.2, 0.25) is 5.91 Å². The lowest BCUT2D eigenvalue weighted by Crippen LogP contribution is -2.38. The van der Waals surface area contributed by atoms with E-state index in [1.165, 1.54) is 0 Å². The van der Waals surface area contributed by atoms with E-state index in [1.807, 2.05) is 42.2 Å². The lowest BCUT2D eigenvalue weighted by molar-refractivity contribution is -0.138. The molecule has 1 aromatic rings. The summed E-state index contributed by atoms with van der Waals surface area (Å²) in [5.74, 6) is -1.30. The number of nitrogens with one attached hydrogen (secondary N) is 1. The maximum Gasteiger partial charge on any atom is 0.322 e. The Morgan fingerprint density at radius 2 is 1.89 bits per heavy atom. The highest BCUT2D eigenvalue weighted by atomic mass is 35.5. The first-order valence-electron chi connectivity index (χ1n) is 5.86. The molecule has 5 nitrogen and oxygen atoms in total. The first kappa shape index (κ1) is 17.4. The summed E-state index contributed by atoms with van der Waals surface area (Å²) in [5.41, 5.74) is 1.13. The van der Waals surface area contributed by atoms with Crippen molar-refractivity contribution in [3.63, 3.8) is 0 Å². The SMILES string of the molecule is CCN(CC(=O)NCC(=O)O)Cc1ccccc1.Cl. The summed E-state index contributed by atoms with van der Waals surface area (Å²) in [6.07, 6.45) is 0. The number of aliphatic carboxylic acids is 1. The highest BCUT2D eigenvalue weighted by Gasteiger charge is 2.10. The summed E-state index contributed by atoms with van der Waals surface area (Å²) in [4.78, 5) is 23.8. The molecule has 0 aliphatic heterocycles. The third-order valence-electron chi connectivity index (χ3n) is 2.50. The molecular weight excluding hydrogens is 268 g/mol. The van der Waals surface area contributed by atoms with Gasteiger partial charge in [-0.2, -0.15) is 0 Å². The Bertz CT molecular complexity index is 398. The van der Waals surface area contributed by atoms with Gasteiger partial charge in [-0.25, -0.2) is 0 Å². The average Bonchev–Trinajstić information content (AvgIpc) is 2.37. The molecular formula is C13H19ClN2O3. The number of hydrogen-bond acceptors (Lipinski definition) is 3. The smallest absolute Gasteiger partial charge is 0.322 e. The fourth-order valence-electron chi connectivity index (χ4n) is 1.55. The van der Waals surface area contributed by atoms with Crippen LogP contribution in [0.15, 0.2) is 30.3 Å². The Morgan fingerprint density at radius 1 is 1.26 bits per heavy atom. The van der Waals surface area contributed by atoms with E-state index >= 15 is 0 Å². The van der Waals surface area contributed by atoms with Gasteiger partial charge >= 0.3 is 5.97 Å². The van der Waals surface area contributed by atoms with Crippen LogP contribution in [0.4, 0.5) is 0 Å². The highest BCUT2D eigenvalue weighted by Crippen LogP contribution is 2.03. The van der Waals surface area contributed by atoms with E-state index in [9.17, 15) is 9.59 Å². The first-order chi connectivity index (χ1) is 8.61. The Labute approximate surface area is 119 Å². The third kappa shape index (κ3) is 7.43. The van der Waals surface area contributed by atoms with Crippen LogP contribution >= 0.6 is 12.4 Å². The summed E-state index contributed by atoms with van der Waals surface area (Å²) in [6, 6.07) is 9.84. The number of likely N-dealkylation sites (N-methyl/N-ethyl adjacent to an activating group) is 1. The second-order valence-electron chi connectivity index (χ2n) is 3.96. The van der Waals surface area contributed by atoms with Crippen molar-refractivity contribution in [2.45, 2.75) is 13.5 Å². The van der Waals surface area contributed by atoms with Crippen LogP contribution < -0.4 is 5.32 Å². The highest BCUT2D eigenvalue weighted by molar-refractivity contribution is 5.85. The van der Waals surface area contributed by atoms with Crippen molar-refractivity contribution in [1.82, 2.24) is 10.2 Å². The Balaban J connectivity index is 0.00000324. The van der Waals surface area contributed by atoms with Crippen LogP contribution in [0, 0.1) is 0 Å². The van der Waals surface area contributed by atoms with Gasteiger partial charge in [0.15, 0.2) is 0 Å². The molecule has 0 aromatic heterocycles. The molecule has 0 unspecified atom stereocenters. The lowest BCUT2D eigenvalue weighted by atomic mass is 10.2. The van der Waals surface area contributed by atoms with Crippen molar-refractivity contribution in [3.8, 4) is 0 Å². The Kier molecular flexibility index (Phi) is 8.57. The maximum atomic E-state index is 11.5. The molecule has 2 N–H and O–H groups in total. The second-order valence-corrected chi connectivity index (χ2v) is 3.96. The van der Waals surface area contributed by atoms with E-state index in [4.69, 9.17) is 5.11 Å². The molecule has 0 atom stereocenters. The second kappa shape index (κ2) is 9.35. The van der Waals surface area contributed by atoms with E-state index in [0.717, 1.165) is 12.1 Å². The number of carboxylic acids is 1. The van der Waals surface area contributed by atoms with Gasteiger partial charge in [0, 0.05) is 6.54 Å². The fraction of sp³-hybridized carbons (Fsp3) is 0.385. The van der Waals surface area contributed by atoms with Gasteiger partial charge in [0.05, 0.1) is 6.54 Å². The van der Waals surface area contributed by atoms with Gasteiger partial charge in [0.1, 0.15) is 6.54 Å². The standard InChI is InChI=1S/C13H18N2O3.ClH/c1-2-15(9-11-6-4-3-5-7-11)10-12(16)14-8-13(17)18;/h3-7H,2,8-10H2,1H3,(H,14,16)(H,17,18);1H. The first-order valence-corrected chi connectivity index (χ1v) is 5.86. The maximum absolute atomic E-state index is 11.5. The molecule has 0 aliphatic carbocycles. The summed E-state index contributed by atoms with van der Waals surface area (Å²) in [5, 5.41) is 10.8. The van der Waals surface area contributed by atoms with Crippen molar-refractivity contribution in [1.29, 1.82) is 0 Å². The van der Waals surface area contributed by atoms with Crippen molar-refractivity contribution < 1.29 is 14.7 Å². The molecule has 0 radical (unpaired) electrons. The van der Waals surface area contributed by atoms with Gasteiger partial charge in [-0.1, -0.05) is 37.3 Å². The van der Waals surface area contributed by atoms with Crippen LogP contribution in [-0.4, -0.2) is 41.5 Å². The molecule has 0 heterocycles. The molecule has 0 saturated heterocycles. The molecule has 106 valence electrons. The van der Waals surface area contributed by atoms with Crippen molar-refractivity contribution in [3.05, 3.63) is 35.9 Å². The van der Waals surface area contributed by atoms with Gasteiger partial charge in [-0.05, 0) is 12.1 Å². The molecule has 1 amide bonds. The van der Waals surface area contributed by atoms with Crippen molar-refractivity contribution in [2.24, 2.45) is 0 Å². The number of benzene rings is 1. The average molecular weight is 287 g/mol. The number of nitrogens with zero attached hydrogens (tertiary/aromatic N) is 1. The lowest BCUT2D eigenvalue weighted by Gasteiger charge is -2.19. The monoisotopic (exact) mass is 286 g/mol. The number of carbonyl (C=O) groups excluding carboxylic acids is 1. The van der Waals surface area contributed by atoms with Crippen molar-refractivity contribution >= 4 is 24.3 Å². The van der Waals surface area contributed by atoms with E-state index in [2.05, 4.69) is 5.32 Å². The largest absolute Gasteiger partial charge is 0.480 e. The molecule has 6 heteroatoms. The van der Waals surface area contributed by atoms with Gasteiger partial charge in [-0.15, -0.1) is 12.4 Å². The zero-order valence-electron chi connectivity index (χ0n) is 10.8. The van der Waals surface area contributed by atoms with Gasteiger partial charge in [0.25, 0.3) is 0 Å². The molecule has 0 saturated carbocycles. The van der Waals surface area contributed by atoms with Crippen LogP contribution in [0.25, 0.3) is 0 Å². The molecule has 0 bridgehead atoms. The summed E-state index contributed by atoms with van der Waals surface area (Å²) >= 11 is 0. The number of carboxylic acid groups (broad SMARTS) is 1. The quantitative estimate of drug-likeness (QED) is 0.788. The molecule has 0 aliphatic rings. The molecule has 1 rings (SSSR count). The van der Waals surface area contributed by atoms with Crippen LogP contribution in [0.5, 0.6) is 0 Å². The number of amides is 1. The predicted molar refractivity (Wildman–Crippen MR) is 75.3 cm³/mol. The minimum absolute atomic E-state index is 0. The van der Waals surface area contributed by atoms with Crippen molar-refractivity contribution in [2.75, 3.05) is 19.6 Å². The summed E-state index contributed by atoms with van der Waals surface area (Å²) < 4.78 is 0. The Hall–Kier alpha value is -1.59. The molecule has 0 spiro atoms. The van der Waals surface area contributed by atoms with Crippen LogP contribution in [0.1, 0.15) is 12.5 Å². The number of rotatable bonds is 7. The van der Waals surface area contributed by atoms with E-state index in [0.29, 0.717) is 6.54 Å². The van der Waals surface area contributed by atoms with Crippen LogP contribution in [0.2, 0.25) is 0 Å². The van der Waals surface area contributed by atoms with E-state index in [-0.39, 0.29) is 31.4 Å². The summed E-state index contributed by atoms with van der Waals surface area (Å²) in [7, 11) is 0. The molecule has 19 heavy (non-hydrogen) atoms. The van der Waals surface area contributed by atoms with Crippen LogP contribution in [-0.2, 0) is 16.1 Å². The third-order valence-corrected chi connectivity index (χ3v) is 2.50. The zero-order chi connectivity index (χ0) is 13.4. The van der Waals surface area contributed by atoms with Gasteiger partial charge in [-0.3, -0.25) is 14.5 Å². The number of halogens is 1. The minimum atomic E-state index is -1.03. The van der Waals surface area contributed by atoms with Gasteiger partial charge < -0.3 is 10.4 Å². The van der Waals surface area contributed by atoms with E-state index < -0.39 is 5.97 Å². The predicted octanol–water partition coefficient (Wildman–Crippen LogP) is 1.13. The number of hydrogen-bond donors (Lipinski definition) is 2. The molecule has 1 aromatic carbocycles. The minimum Gasteiger partial charge on any atom is -0.480 e. The normalized spacial score (nSPS) is 9.79. The van der Waals surface area contributed by atoms with Crippen LogP contribution in [0.3, 0.4) is 0 Å². The summed E-state index contributed by atoms with van der Waals surface area (Å²) in [6.45, 7) is 3.25. The Morgan fingerprint density at radius 3 is 2.42 bits per heavy atom. The molecule has 0 fully saturated rings. The fourth-order valence-corrected chi connectivity index (χ4v) is 1.55.